The van der Waals surface area contributed by atoms with E-state index in [4.69, 9.17) is 4.74 Å². The Morgan fingerprint density at radius 3 is 2.75 bits per heavy atom. The van der Waals surface area contributed by atoms with Crippen molar-refractivity contribution in [2.24, 2.45) is 16.2 Å². The minimum Gasteiger partial charge on any atom is -0.591 e. The molecule has 1 fully saturated rings. The van der Waals surface area contributed by atoms with E-state index in [1.165, 1.54) is 0 Å². The van der Waals surface area contributed by atoms with Crippen LogP contribution in [0.25, 0.3) is 0 Å². The Kier molecular flexibility index (Phi) is 6.33. The molecule has 1 aliphatic heterocycles. The molecular formula is C14H26N2O3S. The van der Waals surface area contributed by atoms with E-state index in [0.29, 0.717) is 24.8 Å². The summed E-state index contributed by atoms with van der Waals surface area (Å²) >= 11 is -1.15. The largest absolute Gasteiger partial charge is 0.591 e. The van der Waals surface area contributed by atoms with E-state index in [1.54, 1.807) is 11.1 Å². The molecule has 1 aliphatic rings. The van der Waals surface area contributed by atoms with Gasteiger partial charge in [0, 0.05) is 24.9 Å². The lowest BCUT2D eigenvalue weighted by molar-refractivity contribution is 0.0292. The number of amides is 1. The highest BCUT2D eigenvalue weighted by atomic mass is 32.2. The van der Waals surface area contributed by atoms with Crippen LogP contribution in [0, 0.1) is 11.8 Å². The number of hydrogen-bond donors (Lipinski definition) is 0. The fourth-order valence-electron chi connectivity index (χ4n) is 1.88. The standard InChI is InChI=1S/C14H26N2O3S/c1-11(2)10-20(18)15-8-12-6-7-16(9-12)13(17)19-14(3,4)5/h8,11-12H,6-7,9-10H2,1-5H3/b15-8+/t12-,20-/m0/s1. The number of carbonyl (C=O) groups excluding carboxylic acids is 1. The first-order valence-corrected chi connectivity index (χ1v) is 8.35. The van der Waals surface area contributed by atoms with Gasteiger partial charge in [-0.2, -0.15) is 0 Å². The van der Waals surface area contributed by atoms with Crippen molar-refractivity contribution in [3.8, 4) is 0 Å². The van der Waals surface area contributed by atoms with Gasteiger partial charge in [-0.15, -0.1) is 0 Å². The summed E-state index contributed by atoms with van der Waals surface area (Å²) in [6.07, 6.45) is 2.31. The van der Waals surface area contributed by atoms with Gasteiger partial charge >= 0.3 is 6.09 Å². The SMILES string of the molecule is CC(C)C[S@+]([O-])/N=C/[C@@H]1CCN(C(=O)OC(C)(C)C)C1. The van der Waals surface area contributed by atoms with Crippen LogP contribution in [0.15, 0.2) is 4.40 Å². The van der Waals surface area contributed by atoms with Crippen molar-refractivity contribution < 1.29 is 14.1 Å². The molecule has 0 N–H and O–H groups in total. The third-order valence-corrected chi connectivity index (χ3v) is 4.05. The molecule has 0 aromatic carbocycles. The van der Waals surface area contributed by atoms with E-state index < -0.39 is 17.0 Å². The first-order chi connectivity index (χ1) is 9.17. The van der Waals surface area contributed by atoms with Gasteiger partial charge in [0.05, 0.1) is 17.6 Å². The molecule has 0 bridgehead atoms. The average Bonchev–Trinajstić information content (AvgIpc) is 2.71. The molecule has 1 saturated heterocycles. The molecule has 0 unspecified atom stereocenters. The molecule has 6 heteroatoms. The van der Waals surface area contributed by atoms with Crippen LogP contribution in [0.2, 0.25) is 0 Å². The first kappa shape index (κ1) is 17.3. The van der Waals surface area contributed by atoms with Crippen molar-refractivity contribution >= 4 is 23.7 Å². The maximum atomic E-state index is 11.9. The summed E-state index contributed by atoms with van der Waals surface area (Å²) in [4.78, 5) is 13.6. The van der Waals surface area contributed by atoms with Gasteiger partial charge in [0.15, 0.2) is 0 Å². The minimum absolute atomic E-state index is 0.179. The van der Waals surface area contributed by atoms with Gasteiger partial charge in [-0.05, 0) is 27.2 Å². The molecule has 0 radical (unpaired) electrons. The van der Waals surface area contributed by atoms with Crippen LogP contribution in [0.3, 0.4) is 0 Å². The monoisotopic (exact) mass is 302 g/mol. The fourth-order valence-corrected chi connectivity index (χ4v) is 2.85. The molecule has 1 heterocycles. The summed E-state index contributed by atoms with van der Waals surface area (Å²) in [6, 6.07) is 0. The lowest BCUT2D eigenvalue weighted by Gasteiger charge is -2.24. The van der Waals surface area contributed by atoms with E-state index in [9.17, 15) is 9.35 Å². The number of hydrogen-bond acceptors (Lipinski definition) is 4. The molecule has 0 aromatic rings. The van der Waals surface area contributed by atoms with Crippen LogP contribution in [0.4, 0.5) is 4.79 Å². The summed E-state index contributed by atoms with van der Waals surface area (Å²) in [7, 11) is 0. The molecule has 116 valence electrons. The van der Waals surface area contributed by atoms with Crippen molar-refractivity contribution in [2.75, 3.05) is 18.8 Å². The Hall–Kier alpha value is -0.750. The number of likely N-dealkylation sites (tertiary alicyclic amines) is 1. The molecule has 0 saturated carbocycles. The lowest BCUT2D eigenvalue weighted by atomic mass is 10.1. The van der Waals surface area contributed by atoms with Crippen LogP contribution in [0.5, 0.6) is 0 Å². The van der Waals surface area contributed by atoms with Crippen LogP contribution in [-0.4, -0.2) is 46.2 Å². The van der Waals surface area contributed by atoms with Gasteiger partial charge in [0.1, 0.15) is 11.4 Å². The second-order valence-electron chi connectivity index (χ2n) is 6.61. The predicted molar refractivity (Wildman–Crippen MR) is 82.3 cm³/mol. The Morgan fingerprint density at radius 2 is 2.20 bits per heavy atom. The summed E-state index contributed by atoms with van der Waals surface area (Å²) < 4.78 is 21.0. The van der Waals surface area contributed by atoms with E-state index in [1.807, 2.05) is 34.6 Å². The van der Waals surface area contributed by atoms with E-state index in [-0.39, 0.29) is 12.0 Å². The zero-order valence-corrected chi connectivity index (χ0v) is 13.9. The quantitative estimate of drug-likeness (QED) is 0.592. The van der Waals surface area contributed by atoms with Crippen molar-refractivity contribution in [3.05, 3.63) is 0 Å². The van der Waals surface area contributed by atoms with Crippen LogP contribution in [-0.2, 0) is 16.1 Å². The molecule has 0 aliphatic carbocycles. The Morgan fingerprint density at radius 1 is 1.55 bits per heavy atom. The zero-order valence-electron chi connectivity index (χ0n) is 13.1. The van der Waals surface area contributed by atoms with Gasteiger partial charge in [-0.1, -0.05) is 18.2 Å². The van der Waals surface area contributed by atoms with E-state index >= 15 is 0 Å². The number of ether oxygens (including phenoxy) is 1. The second kappa shape index (κ2) is 7.31. The molecule has 5 nitrogen and oxygen atoms in total. The molecule has 1 rings (SSSR count). The Balaban J connectivity index is 2.40. The second-order valence-corrected chi connectivity index (χ2v) is 7.80. The van der Waals surface area contributed by atoms with Crippen LogP contribution < -0.4 is 0 Å². The highest BCUT2D eigenvalue weighted by molar-refractivity contribution is 7.90. The molecular weight excluding hydrogens is 276 g/mol. The molecule has 2 atom stereocenters. The third-order valence-electron chi connectivity index (χ3n) is 2.74. The van der Waals surface area contributed by atoms with Gasteiger partial charge in [0.2, 0.25) is 0 Å². The summed E-state index contributed by atoms with van der Waals surface area (Å²) in [6.45, 7) is 10.9. The summed E-state index contributed by atoms with van der Waals surface area (Å²) in [5, 5.41) is 0. The molecule has 0 spiro atoms. The van der Waals surface area contributed by atoms with Crippen LogP contribution >= 0.6 is 0 Å². The number of rotatable bonds is 4. The molecule has 20 heavy (non-hydrogen) atoms. The summed E-state index contributed by atoms with van der Waals surface area (Å²) in [5.74, 6) is 1.13. The topological polar surface area (TPSA) is 65.0 Å². The first-order valence-electron chi connectivity index (χ1n) is 7.08. The summed E-state index contributed by atoms with van der Waals surface area (Å²) in [5.41, 5.74) is -0.470. The van der Waals surface area contributed by atoms with E-state index in [0.717, 1.165) is 6.42 Å². The van der Waals surface area contributed by atoms with Gasteiger partial charge in [-0.3, -0.25) is 0 Å². The Bertz CT molecular complexity index is 353. The van der Waals surface area contributed by atoms with Crippen molar-refractivity contribution in [2.45, 2.75) is 46.6 Å². The van der Waals surface area contributed by atoms with E-state index in [2.05, 4.69) is 4.40 Å². The maximum absolute atomic E-state index is 11.9. The van der Waals surface area contributed by atoms with Crippen LogP contribution in [0.1, 0.15) is 41.0 Å². The lowest BCUT2D eigenvalue weighted by Crippen LogP contribution is -2.35. The minimum atomic E-state index is -1.15. The highest BCUT2D eigenvalue weighted by Gasteiger charge is 2.29. The van der Waals surface area contributed by atoms with Crippen molar-refractivity contribution in [3.63, 3.8) is 0 Å². The molecule has 1 amide bonds. The number of nitrogens with zero attached hydrogens (tertiary/aromatic N) is 2. The van der Waals surface area contributed by atoms with Gasteiger partial charge in [-0.25, -0.2) is 4.79 Å². The molecule has 0 aromatic heterocycles. The normalized spacial score (nSPS) is 21.8. The smallest absolute Gasteiger partial charge is 0.410 e. The van der Waals surface area contributed by atoms with Gasteiger partial charge < -0.3 is 14.2 Å². The van der Waals surface area contributed by atoms with Crippen molar-refractivity contribution in [1.29, 1.82) is 0 Å². The highest BCUT2D eigenvalue weighted by Crippen LogP contribution is 2.18. The average molecular weight is 302 g/mol. The van der Waals surface area contributed by atoms with Gasteiger partial charge in [0.25, 0.3) is 0 Å². The number of carbonyl (C=O) groups is 1. The third kappa shape index (κ3) is 6.61. The zero-order chi connectivity index (χ0) is 15.3. The Labute approximate surface area is 125 Å². The predicted octanol–water partition coefficient (Wildman–Crippen LogP) is 2.63. The maximum Gasteiger partial charge on any atom is 0.410 e. The van der Waals surface area contributed by atoms with Crippen molar-refractivity contribution in [1.82, 2.24) is 4.90 Å². The fraction of sp³-hybridized carbons (Fsp3) is 0.857.